The summed E-state index contributed by atoms with van der Waals surface area (Å²) in [5.41, 5.74) is 0.624. The van der Waals surface area contributed by atoms with Crippen LogP contribution in [0.2, 0.25) is 0 Å². The molecule has 0 unspecified atom stereocenters. The van der Waals surface area contributed by atoms with Gasteiger partial charge in [-0.3, -0.25) is 4.79 Å². The molecule has 1 fully saturated rings. The Morgan fingerprint density at radius 2 is 1.84 bits per heavy atom. The summed E-state index contributed by atoms with van der Waals surface area (Å²) in [6.07, 6.45) is 0.214. The zero-order valence-corrected chi connectivity index (χ0v) is 14.5. The van der Waals surface area contributed by atoms with Gasteiger partial charge in [-0.15, -0.1) is 0 Å². The van der Waals surface area contributed by atoms with Crippen LogP contribution < -0.4 is 10.2 Å². The number of rotatable bonds is 8. The maximum atomic E-state index is 13.0. The van der Waals surface area contributed by atoms with E-state index < -0.39 is 0 Å². The Bertz CT molecular complexity index is 574. The van der Waals surface area contributed by atoms with Crippen molar-refractivity contribution >= 4 is 17.6 Å². The number of halogens is 1. The Labute approximate surface area is 146 Å². The predicted molar refractivity (Wildman–Crippen MR) is 91.0 cm³/mol. The molecule has 1 aliphatic heterocycles. The van der Waals surface area contributed by atoms with Crippen LogP contribution in [0.3, 0.4) is 0 Å². The van der Waals surface area contributed by atoms with Crippen molar-refractivity contribution < 1.29 is 23.5 Å². The number of carbonyl (C=O) groups excluding carboxylic acids is 2. The summed E-state index contributed by atoms with van der Waals surface area (Å²) in [4.78, 5) is 27.8. The third kappa shape index (κ3) is 5.40. The first kappa shape index (κ1) is 19.1. The number of methoxy groups -OCH3 is 2. The zero-order chi connectivity index (χ0) is 18.2. The van der Waals surface area contributed by atoms with Crippen LogP contribution in [-0.4, -0.2) is 69.9 Å². The van der Waals surface area contributed by atoms with Gasteiger partial charge in [0.1, 0.15) is 5.82 Å². The standard InChI is InChI=1S/C17H24FN3O4/c1-24-9-7-20(8-10-25-2)17(23)19-14-11-16(22)21(12-14)15-5-3-13(18)4-6-15/h3-6,14H,7-12H2,1-2H3,(H,19,23)/t14-/m1/s1. The Kier molecular flexibility index (Phi) is 7.15. The first-order valence-corrected chi connectivity index (χ1v) is 8.14. The number of hydrogen-bond acceptors (Lipinski definition) is 4. The molecule has 0 aliphatic carbocycles. The predicted octanol–water partition coefficient (Wildman–Crippen LogP) is 1.24. The van der Waals surface area contributed by atoms with Crippen molar-refractivity contribution in [1.29, 1.82) is 0 Å². The van der Waals surface area contributed by atoms with Crippen LogP contribution >= 0.6 is 0 Å². The molecule has 1 N–H and O–H groups in total. The van der Waals surface area contributed by atoms with E-state index in [1.165, 1.54) is 12.1 Å². The highest BCUT2D eigenvalue weighted by Gasteiger charge is 2.32. The van der Waals surface area contributed by atoms with Crippen molar-refractivity contribution in [2.45, 2.75) is 12.5 Å². The number of hydrogen-bond donors (Lipinski definition) is 1. The third-order valence-electron chi connectivity index (χ3n) is 4.01. The van der Waals surface area contributed by atoms with Gasteiger partial charge in [0.25, 0.3) is 0 Å². The maximum Gasteiger partial charge on any atom is 0.317 e. The number of nitrogens with zero attached hydrogens (tertiary/aromatic N) is 2. The van der Waals surface area contributed by atoms with Gasteiger partial charge in [-0.2, -0.15) is 0 Å². The molecule has 1 aromatic carbocycles. The number of urea groups is 1. The van der Waals surface area contributed by atoms with Crippen LogP contribution in [0.5, 0.6) is 0 Å². The summed E-state index contributed by atoms with van der Waals surface area (Å²) in [7, 11) is 3.14. The molecule has 138 valence electrons. The highest BCUT2D eigenvalue weighted by atomic mass is 19.1. The summed E-state index contributed by atoms with van der Waals surface area (Å²) in [6.45, 7) is 2.07. The van der Waals surface area contributed by atoms with E-state index in [1.54, 1.807) is 36.2 Å². The van der Waals surface area contributed by atoms with Gasteiger partial charge in [-0.25, -0.2) is 9.18 Å². The van der Waals surface area contributed by atoms with Crippen molar-refractivity contribution in [3.63, 3.8) is 0 Å². The lowest BCUT2D eigenvalue weighted by Crippen LogP contribution is -2.47. The second-order valence-electron chi connectivity index (χ2n) is 5.80. The topological polar surface area (TPSA) is 71.1 Å². The third-order valence-corrected chi connectivity index (χ3v) is 4.01. The SMILES string of the molecule is COCCN(CCOC)C(=O)N[C@@H]1CC(=O)N(c2ccc(F)cc2)C1. The van der Waals surface area contributed by atoms with Crippen LogP contribution in [0.25, 0.3) is 0 Å². The largest absolute Gasteiger partial charge is 0.383 e. The van der Waals surface area contributed by atoms with Crippen molar-refractivity contribution in [2.75, 3.05) is 52.0 Å². The molecule has 0 spiro atoms. The highest BCUT2D eigenvalue weighted by molar-refractivity contribution is 5.96. The molecule has 25 heavy (non-hydrogen) atoms. The van der Waals surface area contributed by atoms with Crippen LogP contribution in [0.1, 0.15) is 6.42 Å². The zero-order valence-electron chi connectivity index (χ0n) is 14.5. The Morgan fingerprint density at radius 1 is 1.24 bits per heavy atom. The summed E-state index contributed by atoms with van der Waals surface area (Å²) in [6, 6.07) is 5.18. The molecule has 1 heterocycles. The summed E-state index contributed by atoms with van der Waals surface area (Å²) >= 11 is 0. The lowest BCUT2D eigenvalue weighted by atomic mass is 10.2. The molecule has 8 heteroatoms. The number of nitrogens with one attached hydrogen (secondary N) is 1. The van der Waals surface area contributed by atoms with E-state index in [4.69, 9.17) is 9.47 Å². The van der Waals surface area contributed by atoms with Crippen LogP contribution in [0.4, 0.5) is 14.9 Å². The van der Waals surface area contributed by atoms with E-state index in [0.717, 1.165) is 0 Å². The number of carbonyl (C=O) groups is 2. The molecular weight excluding hydrogens is 329 g/mol. The van der Waals surface area contributed by atoms with Crippen molar-refractivity contribution in [3.8, 4) is 0 Å². The summed E-state index contributed by atoms with van der Waals surface area (Å²) in [5, 5.41) is 2.88. The van der Waals surface area contributed by atoms with Crippen molar-refractivity contribution in [1.82, 2.24) is 10.2 Å². The fourth-order valence-electron chi connectivity index (χ4n) is 2.66. The van der Waals surface area contributed by atoms with Crippen LogP contribution in [0, 0.1) is 5.82 Å². The van der Waals surface area contributed by atoms with Gasteiger partial charge in [0, 0.05) is 46.0 Å². The van der Waals surface area contributed by atoms with Crippen molar-refractivity contribution in [2.24, 2.45) is 0 Å². The molecule has 1 aliphatic rings. The molecule has 0 saturated carbocycles. The minimum absolute atomic E-state index is 0.0998. The van der Waals surface area contributed by atoms with E-state index in [-0.39, 0.29) is 30.2 Å². The molecule has 1 saturated heterocycles. The van der Waals surface area contributed by atoms with Gasteiger partial charge in [0.2, 0.25) is 5.91 Å². The van der Waals surface area contributed by atoms with Gasteiger partial charge in [0.15, 0.2) is 0 Å². The first-order valence-electron chi connectivity index (χ1n) is 8.14. The van der Waals surface area contributed by atoms with E-state index in [1.807, 2.05) is 0 Å². The molecular formula is C17H24FN3O4. The minimum atomic E-state index is -0.354. The fourth-order valence-corrected chi connectivity index (χ4v) is 2.66. The number of anilines is 1. The van der Waals surface area contributed by atoms with Gasteiger partial charge in [-0.05, 0) is 24.3 Å². The van der Waals surface area contributed by atoms with Gasteiger partial charge in [-0.1, -0.05) is 0 Å². The lowest BCUT2D eigenvalue weighted by molar-refractivity contribution is -0.117. The highest BCUT2D eigenvalue weighted by Crippen LogP contribution is 2.21. The number of benzene rings is 1. The summed E-state index contributed by atoms with van der Waals surface area (Å²) < 4.78 is 23.1. The van der Waals surface area contributed by atoms with Gasteiger partial charge in [0.05, 0.1) is 19.3 Å². The van der Waals surface area contributed by atoms with Crippen LogP contribution in [0.15, 0.2) is 24.3 Å². The van der Waals surface area contributed by atoms with Gasteiger partial charge >= 0.3 is 6.03 Å². The Balaban J connectivity index is 1.94. The average molecular weight is 353 g/mol. The van der Waals surface area contributed by atoms with E-state index in [0.29, 0.717) is 38.5 Å². The van der Waals surface area contributed by atoms with E-state index >= 15 is 0 Å². The molecule has 7 nitrogen and oxygen atoms in total. The average Bonchev–Trinajstić information content (AvgIpc) is 2.96. The molecule has 0 radical (unpaired) electrons. The van der Waals surface area contributed by atoms with Crippen LogP contribution in [-0.2, 0) is 14.3 Å². The Morgan fingerprint density at radius 3 is 2.40 bits per heavy atom. The van der Waals surface area contributed by atoms with Gasteiger partial charge < -0.3 is 24.6 Å². The second kappa shape index (κ2) is 9.33. The molecule has 0 aromatic heterocycles. The summed E-state index contributed by atoms with van der Waals surface area (Å²) in [5.74, 6) is -0.454. The molecule has 1 aromatic rings. The van der Waals surface area contributed by atoms with E-state index in [2.05, 4.69) is 5.32 Å². The second-order valence-corrected chi connectivity index (χ2v) is 5.80. The van der Waals surface area contributed by atoms with E-state index in [9.17, 15) is 14.0 Å². The normalized spacial score (nSPS) is 17.0. The number of ether oxygens (including phenoxy) is 2. The molecule has 2 rings (SSSR count). The molecule has 3 amide bonds. The quantitative estimate of drug-likeness (QED) is 0.763. The van der Waals surface area contributed by atoms with Crippen molar-refractivity contribution in [3.05, 3.63) is 30.1 Å². The minimum Gasteiger partial charge on any atom is -0.383 e. The molecule has 1 atom stereocenters. The monoisotopic (exact) mass is 353 g/mol. The first-order chi connectivity index (χ1) is 12.0. The lowest BCUT2D eigenvalue weighted by Gasteiger charge is -2.24. The fraction of sp³-hybridized carbons (Fsp3) is 0.529. The maximum absolute atomic E-state index is 13.0. The number of amides is 3. The molecule has 0 bridgehead atoms. The Hall–Kier alpha value is -2.19. The smallest absolute Gasteiger partial charge is 0.317 e.